The number of nitrogens with zero attached hydrogens (tertiary/aromatic N) is 1. The summed E-state index contributed by atoms with van der Waals surface area (Å²) in [6, 6.07) is 0. The third-order valence-corrected chi connectivity index (χ3v) is 1.19. The smallest absolute Gasteiger partial charge is 0.415 e. The van der Waals surface area contributed by atoms with Crippen molar-refractivity contribution in [1.82, 2.24) is 10.2 Å². The van der Waals surface area contributed by atoms with Gasteiger partial charge in [-0.1, -0.05) is 0 Å². The number of carboxylic acids is 1. The molecule has 0 aromatic carbocycles. The van der Waals surface area contributed by atoms with Crippen LogP contribution in [0, 0.1) is 0 Å². The topological polar surface area (TPSA) is 89.9 Å². The fourth-order valence-electron chi connectivity index (χ4n) is 0.663. The SMILES string of the molecule is O=C(O)C1=CN(C(=O)O)C=CN1. The van der Waals surface area contributed by atoms with E-state index in [1.807, 2.05) is 0 Å². The predicted octanol–water partition coefficient (Wildman–Crippen LogP) is -0.0332. The Morgan fingerprint density at radius 2 is 2.08 bits per heavy atom. The third kappa shape index (κ3) is 1.54. The van der Waals surface area contributed by atoms with Crippen LogP contribution in [0.3, 0.4) is 0 Å². The summed E-state index contributed by atoms with van der Waals surface area (Å²) in [5, 5.41) is 19.3. The molecule has 1 aliphatic rings. The first-order valence-corrected chi connectivity index (χ1v) is 3.01. The number of carbonyl (C=O) groups is 2. The van der Waals surface area contributed by atoms with Gasteiger partial charge >= 0.3 is 12.1 Å². The van der Waals surface area contributed by atoms with E-state index in [0.29, 0.717) is 0 Å². The molecule has 1 amide bonds. The number of hydrogen-bond donors (Lipinski definition) is 3. The van der Waals surface area contributed by atoms with Gasteiger partial charge in [-0.25, -0.2) is 9.59 Å². The summed E-state index contributed by atoms with van der Waals surface area (Å²) < 4.78 is 0. The van der Waals surface area contributed by atoms with E-state index in [2.05, 4.69) is 5.32 Å². The van der Waals surface area contributed by atoms with Gasteiger partial charge in [-0.2, -0.15) is 0 Å². The average molecular weight is 170 g/mol. The number of carboxylic acid groups (broad SMARTS) is 2. The fourth-order valence-corrected chi connectivity index (χ4v) is 0.663. The van der Waals surface area contributed by atoms with Crippen LogP contribution in [0.1, 0.15) is 0 Å². The highest BCUT2D eigenvalue weighted by Crippen LogP contribution is 2.02. The molecule has 3 N–H and O–H groups in total. The molecule has 0 atom stereocenters. The lowest BCUT2D eigenvalue weighted by molar-refractivity contribution is -0.133. The molecule has 0 aromatic rings. The van der Waals surface area contributed by atoms with E-state index in [4.69, 9.17) is 10.2 Å². The zero-order chi connectivity index (χ0) is 9.14. The van der Waals surface area contributed by atoms with Gasteiger partial charge in [0.25, 0.3) is 0 Å². The van der Waals surface area contributed by atoms with Gasteiger partial charge in [-0.15, -0.1) is 0 Å². The van der Waals surface area contributed by atoms with Gasteiger partial charge in [0, 0.05) is 18.6 Å². The second-order valence-corrected chi connectivity index (χ2v) is 2.00. The van der Waals surface area contributed by atoms with E-state index in [1.165, 1.54) is 12.4 Å². The molecular formula is C6H6N2O4. The quantitative estimate of drug-likeness (QED) is 0.514. The van der Waals surface area contributed by atoms with E-state index in [9.17, 15) is 9.59 Å². The van der Waals surface area contributed by atoms with Gasteiger partial charge in [0.15, 0.2) is 0 Å². The van der Waals surface area contributed by atoms with Crippen LogP contribution in [0.2, 0.25) is 0 Å². The number of nitrogens with one attached hydrogen (secondary N) is 1. The average Bonchev–Trinajstić information content (AvgIpc) is 2.04. The molecule has 0 saturated carbocycles. The van der Waals surface area contributed by atoms with Gasteiger partial charge in [-0.3, -0.25) is 4.90 Å². The summed E-state index contributed by atoms with van der Waals surface area (Å²) in [6.45, 7) is 0. The van der Waals surface area contributed by atoms with Crippen LogP contribution in [0.4, 0.5) is 4.79 Å². The molecule has 0 unspecified atom stereocenters. The Morgan fingerprint density at radius 1 is 1.42 bits per heavy atom. The highest BCUT2D eigenvalue weighted by Gasteiger charge is 2.14. The Kier molecular flexibility index (Phi) is 2.00. The van der Waals surface area contributed by atoms with Gasteiger partial charge in [0.1, 0.15) is 5.70 Å². The minimum Gasteiger partial charge on any atom is -0.477 e. The molecule has 0 radical (unpaired) electrons. The Bertz CT molecular complexity index is 281. The van der Waals surface area contributed by atoms with Crippen LogP contribution in [0.15, 0.2) is 24.3 Å². The van der Waals surface area contributed by atoms with Crippen molar-refractivity contribution in [3.05, 3.63) is 24.3 Å². The highest BCUT2D eigenvalue weighted by molar-refractivity contribution is 5.87. The lowest BCUT2D eigenvalue weighted by Gasteiger charge is -2.14. The van der Waals surface area contributed by atoms with Crippen LogP contribution in [-0.4, -0.2) is 27.2 Å². The fraction of sp³-hybridized carbons (Fsp3) is 0. The van der Waals surface area contributed by atoms with Crippen LogP contribution in [0.5, 0.6) is 0 Å². The van der Waals surface area contributed by atoms with Crippen molar-refractivity contribution in [2.24, 2.45) is 0 Å². The van der Waals surface area contributed by atoms with Gasteiger partial charge in [0.05, 0.1) is 0 Å². The lowest BCUT2D eigenvalue weighted by Crippen LogP contribution is -2.27. The minimum absolute atomic E-state index is 0.181. The summed E-state index contributed by atoms with van der Waals surface area (Å²) in [4.78, 5) is 21.4. The molecule has 64 valence electrons. The summed E-state index contributed by atoms with van der Waals surface area (Å²) in [7, 11) is 0. The van der Waals surface area contributed by atoms with Gasteiger partial charge in [0.2, 0.25) is 0 Å². The van der Waals surface area contributed by atoms with Crippen molar-refractivity contribution in [3.8, 4) is 0 Å². The van der Waals surface area contributed by atoms with Crippen molar-refractivity contribution in [3.63, 3.8) is 0 Å². The second kappa shape index (κ2) is 2.95. The van der Waals surface area contributed by atoms with E-state index in [1.54, 1.807) is 0 Å². The maximum Gasteiger partial charge on any atom is 0.415 e. The molecule has 0 aliphatic carbocycles. The first-order chi connectivity index (χ1) is 5.61. The standard InChI is InChI=1S/C6H6N2O4/c9-5(10)4-3-8(6(11)12)2-1-7-4/h1-3,7H,(H,9,10)(H,11,12). The predicted molar refractivity (Wildman–Crippen MR) is 37.9 cm³/mol. The van der Waals surface area contributed by atoms with Crippen LogP contribution in [0.25, 0.3) is 0 Å². The number of hydrogen-bond acceptors (Lipinski definition) is 3. The normalized spacial score (nSPS) is 15.0. The van der Waals surface area contributed by atoms with Gasteiger partial charge < -0.3 is 15.5 Å². The third-order valence-electron chi connectivity index (χ3n) is 1.19. The van der Waals surface area contributed by atoms with E-state index in [0.717, 1.165) is 11.1 Å². The van der Waals surface area contributed by atoms with Crippen molar-refractivity contribution in [1.29, 1.82) is 0 Å². The first-order valence-electron chi connectivity index (χ1n) is 3.01. The summed E-state index contributed by atoms with van der Waals surface area (Å²) in [6.07, 6.45) is 2.18. The van der Waals surface area contributed by atoms with E-state index < -0.39 is 12.1 Å². The number of rotatable bonds is 1. The molecular weight excluding hydrogens is 164 g/mol. The molecule has 1 rings (SSSR count). The number of aliphatic carboxylic acids is 1. The summed E-state index contributed by atoms with van der Waals surface area (Å²) >= 11 is 0. The molecule has 1 heterocycles. The molecule has 0 saturated heterocycles. The maximum absolute atomic E-state index is 10.3. The maximum atomic E-state index is 10.3. The molecule has 6 heteroatoms. The number of amides is 1. The van der Waals surface area contributed by atoms with Gasteiger partial charge in [-0.05, 0) is 0 Å². The van der Waals surface area contributed by atoms with Crippen molar-refractivity contribution in [2.75, 3.05) is 0 Å². The Balaban J connectivity index is 2.81. The largest absolute Gasteiger partial charge is 0.477 e. The Hall–Kier alpha value is -1.98. The molecule has 0 spiro atoms. The molecule has 6 nitrogen and oxygen atoms in total. The van der Waals surface area contributed by atoms with E-state index in [-0.39, 0.29) is 5.70 Å². The monoisotopic (exact) mass is 170 g/mol. The van der Waals surface area contributed by atoms with Crippen LogP contribution < -0.4 is 5.32 Å². The van der Waals surface area contributed by atoms with Crippen molar-refractivity contribution >= 4 is 12.1 Å². The molecule has 0 bridgehead atoms. The molecule has 12 heavy (non-hydrogen) atoms. The lowest BCUT2D eigenvalue weighted by atomic mass is 10.4. The van der Waals surface area contributed by atoms with Crippen molar-refractivity contribution < 1.29 is 19.8 Å². The summed E-state index contributed by atoms with van der Waals surface area (Å²) in [5.41, 5.74) is -0.181. The summed E-state index contributed by atoms with van der Waals surface area (Å²) in [5.74, 6) is -1.20. The molecule has 0 fully saturated rings. The zero-order valence-electron chi connectivity index (χ0n) is 5.89. The van der Waals surface area contributed by atoms with Crippen LogP contribution in [-0.2, 0) is 4.79 Å². The van der Waals surface area contributed by atoms with Crippen molar-refractivity contribution in [2.45, 2.75) is 0 Å². The Morgan fingerprint density at radius 3 is 2.58 bits per heavy atom. The van der Waals surface area contributed by atoms with E-state index >= 15 is 0 Å². The highest BCUT2D eigenvalue weighted by atomic mass is 16.4. The zero-order valence-corrected chi connectivity index (χ0v) is 5.89. The van der Waals surface area contributed by atoms with Crippen LogP contribution >= 0.6 is 0 Å². The minimum atomic E-state index is -1.23. The molecule has 0 aromatic heterocycles. The second-order valence-electron chi connectivity index (χ2n) is 2.00. The molecule has 1 aliphatic heterocycles. The first kappa shape index (κ1) is 8.12. The Labute approximate surface area is 67.4 Å².